The van der Waals surface area contributed by atoms with Crippen LogP contribution in [0, 0.1) is 5.92 Å². The minimum atomic E-state index is -0.885. The van der Waals surface area contributed by atoms with Crippen LogP contribution in [0.4, 0.5) is 0 Å². The topological polar surface area (TPSA) is 49.3 Å². The minimum Gasteiger partial charge on any atom is -0.391 e. The Morgan fingerprint density at radius 3 is 2.21 bits per heavy atom. The van der Waals surface area contributed by atoms with Gasteiger partial charge >= 0.3 is 0 Å². The first kappa shape index (κ1) is 14.1. The average molecular weight is 221 g/mol. The van der Waals surface area contributed by atoms with E-state index in [1.54, 1.807) is 0 Å². The van der Waals surface area contributed by atoms with Crippen molar-refractivity contribution in [3.05, 3.63) is 0 Å². The molecule has 0 saturated heterocycles. The summed E-state index contributed by atoms with van der Waals surface area (Å²) in [5, 5.41) is 12.6. The van der Waals surface area contributed by atoms with E-state index in [-0.39, 0.29) is 0 Å². The molecule has 0 spiro atoms. The summed E-state index contributed by atoms with van der Waals surface area (Å²) in [4.78, 5) is 0. The fraction of sp³-hybridized carbons (Fsp3) is 1.00. The zero-order valence-electron chi connectivity index (χ0n) is 9.62. The maximum atomic E-state index is 11.4. The summed E-state index contributed by atoms with van der Waals surface area (Å²) in [5.41, 5.74) is 0. The lowest BCUT2D eigenvalue weighted by Crippen LogP contribution is -2.35. The standard InChI is InChI=1S/C10H23NO2S/c1-8(2)6-14(13)7-10(12)5-11-9(3)4/h8-12H,5-7H2,1-4H3. The Hall–Kier alpha value is 0.0700. The summed E-state index contributed by atoms with van der Waals surface area (Å²) >= 11 is 0. The first-order valence-corrected chi connectivity index (χ1v) is 6.67. The molecule has 0 aliphatic heterocycles. The SMILES string of the molecule is CC(C)CS(=O)CC(O)CNC(C)C. The predicted molar refractivity (Wildman–Crippen MR) is 61.9 cm³/mol. The highest BCUT2D eigenvalue weighted by Crippen LogP contribution is 1.98. The van der Waals surface area contributed by atoms with Crippen molar-refractivity contribution in [3.63, 3.8) is 0 Å². The molecule has 0 radical (unpaired) electrons. The van der Waals surface area contributed by atoms with Gasteiger partial charge in [0.05, 0.1) is 11.9 Å². The van der Waals surface area contributed by atoms with E-state index in [9.17, 15) is 9.32 Å². The van der Waals surface area contributed by atoms with E-state index < -0.39 is 16.9 Å². The van der Waals surface area contributed by atoms with Crippen LogP contribution < -0.4 is 5.32 Å². The molecular formula is C10H23NO2S. The Morgan fingerprint density at radius 2 is 1.79 bits per heavy atom. The molecule has 2 atom stereocenters. The van der Waals surface area contributed by atoms with Crippen molar-refractivity contribution in [2.24, 2.45) is 5.92 Å². The van der Waals surface area contributed by atoms with Crippen molar-refractivity contribution in [2.75, 3.05) is 18.1 Å². The van der Waals surface area contributed by atoms with Gasteiger partial charge in [-0.2, -0.15) is 0 Å². The molecular weight excluding hydrogens is 198 g/mol. The highest BCUT2D eigenvalue weighted by Gasteiger charge is 2.10. The van der Waals surface area contributed by atoms with Gasteiger partial charge < -0.3 is 10.4 Å². The number of hydrogen-bond acceptors (Lipinski definition) is 3. The Kier molecular flexibility index (Phi) is 7.41. The molecule has 0 bridgehead atoms. The van der Waals surface area contributed by atoms with E-state index in [4.69, 9.17) is 0 Å². The molecule has 0 aromatic rings. The van der Waals surface area contributed by atoms with Gasteiger partial charge in [0, 0.05) is 29.1 Å². The van der Waals surface area contributed by atoms with Gasteiger partial charge in [0.2, 0.25) is 0 Å². The summed E-state index contributed by atoms with van der Waals surface area (Å²) in [6, 6.07) is 0.364. The first-order valence-electron chi connectivity index (χ1n) is 5.18. The van der Waals surface area contributed by atoms with Gasteiger partial charge in [-0.05, 0) is 5.92 Å². The summed E-state index contributed by atoms with van der Waals surface area (Å²) < 4.78 is 11.4. The number of aliphatic hydroxyl groups is 1. The molecule has 0 amide bonds. The maximum absolute atomic E-state index is 11.4. The highest BCUT2D eigenvalue weighted by molar-refractivity contribution is 7.85. The largest absolute Gasteiger partial charge is 0.391 e. The third-order valence-electron chi connectivity index (χ3n) is 1.66. The fourth-order valence-electron chi connectivity index (χ4n) is 1.09. The van der Waals surface area contributed by atoms with Gasteiger partial charge in [-0.25, -0.2) is 0 Å². The maximum Gasteiger partial charge on any atom is 0.0779 e. The van der Waals surface area contributed by atoms with Gasteiger partial charge in [0.15, 0.2) is 0 Å². The van der Waals surface area contributed by atoms with E-state index in [1.165, 1.54) is 0 Å². The Balaban J connectivity index is 3.60. The van der Waals surface area contributed by atoms with Crippen LogP contribution in [0.1, 0.15) is 27.7 Å². The van der Waals surface area contributed by atoms with Gasteiger partial charge in [0.25, 0.3) is 0 Å². The molecule has 0 fully saturated rings. The van der Waals surface area contributed by atoms with Crippen molar-refractivity contribution in [1.82, 2.24) is 5.32 Å². The monoisotopic (exact) mass is 221 g/mol. The van der Waals surface area contributed by atoms with Crippen LogP contribution in [0.5, 0.6) is 0 Å². The molecule has 0 aromatic heterocycles. The smallest absolute Gasteiger partial charge is 0.0779 e. The van der Waals surface area contributed by atoms with Crippen molar-refractivity contribution in [1.29, 1.82) is 0 Å². The molecule has 2 unspecified atom stereocenters. The quantitative estimate of drug-likeness (QED) is 0.667. The first-order chi connectivity index (χ1) is 6.41. The fourth-order valence-corrected chi connectivity index (χ4v) is 2.51. The zero-order valence-corrected chi connectivity index (χ0v) is 10.4. The Morgan fingerprint density at radius 1 is 1.21 bits per heavy atom. The lowest BCUT2D eigenvalue weighted by atomic mass is 10.3. The van der Waals surface area contributed by atoms with Crippen LogP contribution >= 0.6 is 0 Å². The van der Waals surface area contributed by atoms with E-state index >= 15 is 0 Å². The molecule has 86 valence electrons. The lowest BCUT2D eigenvalue weighted by Gasteiger charge is -2.14. The van der Waals surface area contributed by atoms with Crippen molar-refractivity contribution < 1.29 is 9.32 Å². The summed E-state index contributed by atoms with van der Waals surface area (Å²) in [6.07, 6.45) is -0.489. The van der Waals surface area contributed by atoms with E-state index in [1.807, 2.05) is 27.7 Å². The molecule has 0 aliphatic carbocycles. The molecule has 0 rings (SSSR count). The van der Waals surface area contributed by atoms with E-state index in [2.05, 4.69) is 5.32 Å². The number of nitrogens with one attached hydrogen (secondary N) is 1. The van der Waals surface area contributed by atoms with Gasteiger partial charge in [-0.15, -0.1) is 0 Å². The normalized spacial score (nSPS) is 16.2. The second-order valence-electron chi connectivity index (χ2n) is 4.38. The van der Waals surface area contributed by atoms with Crippen LogP contribution in [0.25, 0.3) is 0 Å². The van der Waals surface area contributed by atoms with Crippen LogP contribution in [-0.2, 0) is 10.8 Å². The van der Waals surface area contributed by atoms with Gasteiger partial charge in [-0.1, -0.05) is 27.7 Å². The van der Waals surface area contributed by atoms with Gasteiger partial charge in [-0.3, -0.25) is 4.21 Å². The number of aliphatic hydroxyl groups excluding tert-OH is 1. The number of hydrogen-bond donors (Lipinski definition) is 2. The van der Waals surface area contributed by atoms with Crippen molar-refractivity contribution in [2.45, 2.75) is 39.8 Å². The van der Waals surface area contributed by atoms with Crippen LogP contribution in [0.2, 0.25) is 0 Å². The molecule has 3 nitrogen and oxygen atoms in total. The molecule has 0 aliphatic rings. The molecule has 14 heavy (non-hydrogen) atoms. The van der Waals surface area contributed by atoms with Crippen LogP contribution in [-0.4, -0.2) is 39.5 Å². The molecule has 2 N–H and O–H groups in total. The summed E-state index contributed by atoms with van der Waals surface area (Å²) in [5.74, 6) is 1.50. The van der Waals surface area contributed by atoms with Crippen molar-refractivity contribution >= 4 is 10.8 Å². The second kappa shape index (κ2) is 7.37. The minimum absolute atomic E-state index is 0.364. The molecule has 0 aromatic carbocycles. The lowest BCUT2D eigenvalue weighted by molar-refractivity contribution is 0.191. The zero-order chi connectivity index (χ0) is 11.1. The summed E-state index contributed by atoms with van der Waals surface area (Å²) in [6.45, 7) is 8.66. The van der Waals surface area contributed by atoms with Crippen LogP contribution in [0.3, 0.4) is 0 Å². The Labute approximate surface area is 89.7 Å². The summed E-state index contributed by atoms with van der Waals surface area (Å²) in [7, 11) is -0.885. The molecule has 0 saturated carbocycles. The van der Waals surface area contributed by atoms with Crippen molar-refractivity contribution in [3.8, 4) is 0 Å². The van der Waals surface area contributed by atoms with E-state index in [0.29, 0.717) is 30.0 Å². The predicted octanol–water partition coefficient (Wildman–Crippen LogP) is 0.750. The van der Waals surface area contributed by atoms with E-state index in [0.717, 1.165) is 0 Å². The van der Waals surface area contributed by atoms with Crippen LogP contribution in [0.15, 0.2) is 0 Å². The third-order valence-corrected chi connectivity index (χ3v) is 3.45. The molecule has 4 heteroatoms. The Bertz CT molecular complexity index is 172. The molecule has 0 heterocycles. The highest BCUT2D eigenvalue weighted by atomic mass is 32.2. The van der Waals surface area contributed by atoms with Gasteiger partial charge in [0.1, 0.15) is 0 Å². The second-order valence-corrected chi connectivity index (χ2v) is 5.93. The average Bonchev–Trinajstić information content (AvgIpc) is 1.98. The third kappa shape index (κ3) is 8.66. The number of rotatable bonds is 7.